The zero-order chi connectivity index (χ0) is 17.6. The first kappa shape index (κ1) is 17.5. The first-order chi connectivity index (χ1) is 12.1. The average molecular weight is 342 g/mol. The van der Waals surface area contributed by atoms with Crippen molar-refractivity contribution < 1.29 is 9.53 Å². The number of hydrogen-bond acceptors (Lipinski definition) is 4. The Morgan fingerprint density at radius 3 is 2.92 bits per heavy atom. The summed E-state index contributed by atoms with van der Waals surface area (Å²) in [5, 5.41) is 2.94. The number of rotatable bonds is 6. The summed E-state index contributed by atoms with van der Waals surface area (Å²) < 4.78 is 5.38. The minimum absolute atomic E-state index is 0.103. The summed E-state index contributed by atoms with van der Waals surface area (Å²) in [4.78, 5) is 22.2. The van der Waals surface area contributed by atoms with Crippen LogP contribution >= 0.6 is 0 Å². The Balaban J connectivity index is 1.57. The van der Waals surface area contributed by atoms with Gasteiger partial charge in [0.15, 0.2) is 0 Å². The van der Waals surface area contributed by atoms with Gasteiger partial charge in [-0.25, -0.2) is 4.98 Å². The highest BCUT2D eigenvalue weighted by Crippen LogP contribution is 2.14. The highest BCUT2D eigenvalue weighted by atomic mass is 16.5. The molecule has 1 aliphatic heterocycles. The predicted molar refractivity (Wildman–Crippen MR) is 97.8 cm³/mol. The summed E-state index contributed by atoms with van der Waals surface area (Å²) in [6.07, 6.45) is 2.87. The van der Waals surface area contributed by atoms with Crippen molar-refractivity contribution in [3.05, 3.63) is 47.4 Å². The zero-order valence-electron chi connectivity index (χ0n) is 14.9. The second-order valence-corrected chi connectivity index (χ2v) is 6.79. The number of carbonyl (C=O) groups is 1. The third kappa shape index (κ3) is 4.82. The average Bonchev–Trinajstić information content (AvgIpc) is 3.08. The number of aromatic amines is 1. The summed E-state index contributed by atoms with van der Waals surface area (Å²) >= 11 is 0. The molecule has 0 aliphatic carbocycles. The van der Waals surface area contributed by atoms with Gasteiger partial charge in [-0.2, -0.15) is 0 Å². The van der Waals surface area contributed by atoms with Gasteiger partial charge in [-0.3, -0.25) is 4.79 Å². The van der Waals surface area contributed by atoms with Gasteiger partial charge in [-0.15, -0.1) is 0 Å². The maximum atomic E-state index is 12.3. The number of nitrogens with one attached hydrogen (secondary N) is 2. The number of morpholine rings is 1. The molecule has 1 amide bonds. The molecule has 3 rings (SSSR count). The van der Waals surface area contributed by atoms with Crippen molar-refractivity contribution in [3.8, 4) is 0 Å². The Morgan fingerprint density at radius 1 is 1.36 bits per heavy atom. The summed E-state index contributed by atoms with van der Waals surface area (Å²) in [6.45, 7) is 7.91. The van der Waals surface area contributed by atoms with Gasteiger partial charge < -0.3 is 19.9 Å². The molecule has 1 saturated heterocycles. The first-order valence-corrected chi connectivity index (χ1v) is 8.86. The van der Waals surface area contributed by atoms with Gasteiger partial charge >= 0.3 is 0 Å². The van der Waals surface area contributed by atoms with E-state index >= 15 is 0 Å². The molecule has 0 unspecified atom stereocenters. The maximum absolute atomic E-state index is 12.3. The van der Waals surface area contributed by atoms with Crippen molar-refractivity contribution in [1.82, 2.24) is 15.3 Å². The van der Waals surface area contributed by atoms with E-state index in [1.165, 1.54) is 0 Å². The molecule has 2 aromatic heterocycles. The van der Waals surface area contributed by atoms with E-state index in [0.29, 0.717) is 18.2 Å². The molecule has 1 fully saturated rings. The fourth-order valence-corrected chi connectivity index (χ4v) is 2.96. The lowest BCUT2D eigenvalue weighted by molar-refractivity contribution is 0.0946. The second kappa shape index (κ2) is 8.16. The predicted octanol–water partition coefficient (Wildman–Crippen LogP) is 2.37. The largest absolute Gasteiger partial charge is 0.378 e. The molecular formula is C19H26N4O2. The van der Waals surface area contributed by atoms with Crippen LogP contribution in [0, 0.1) is 5.92 Å². The number of ether oxygens (including phenoxy) is 1. The van der Waals surface area contributed by atoms with Gasteiger partial charge in [0, 0.05) is 19.3 Å². The monoisotopic (exact) mass is 342 g/mol. The number of pyridine rings is 1. The third-order valence-corrected chi connectivity index (χ3v) is 4.19. The van der Waals surface area contributed by atoms with Crippen LogP contribution in [0.3, 0.4) is 0 Å². The quantitative estimate of drug-likeness (QED) is 0.846. The van der Waals surface area contributed by atoms with E-state index in [1.807, 2.05) is 30.5 Å². The van der Waals surface area contributed by atoms with Gasteiger partial charge in [-0.05, 0) is 36.1 Å². The van der Waals surface area contributed by atoms with Gasteiger partial charge in [0.2, 0.25) is 0 Å². The Bertz CT molecular complexity index is 705. The van der Waals surface area contributed by atoms with Gasteiger partial charge in [0.05, 0.1) is 25.5 Å². The molecule has 0 radical (unpaired) electrons. The van der Waals surface area contributed by atoms with Crippen LogP contribution in [0.5, 0.6) is 0 Å². The number of nitrogens with zero attached hydrogens (tertiary/aromatic N) is 2. The van der Waals surface area contributed by atoms with Crippen molar-refractivity contribution in [2.75, 3.05) is 31.2 Å². The minimum Gasteiger partial charge on any atom is -0.378 e. The second-order valence-electron chi connectivity index (χ2n) is 6.79. The van der Waals surface area contributed by atoms with E-state index in [2.05, 4.69) is 34.0 Å². The van der Waals surface area contributed by atoms with Crippen LogP contribution < -0.4 is 10.2 Å². The van der Waals surface area contributed by atoms with Crippen LogP contribution in [0.4, 0.5) is 5.82 Å². The van der Waals surface area contributed by atoms with Gasteiger partial charge in [0.1, 0.15) is 11.5 Å². The summed E-state index contributed by atoms with van der Waals surface area (Å²) in [6, 6.07) is 7.84. The molecule has 3 heterocycles. The lowest BCUT2D eigenvalue weighted by atomic mass is 10.1. The number of aromatic nitrogens is 2. The number of hydrogen-bond donors (Lipinski definition) is 2. The number of carbonyl (C=O) groups excluding carboxylic acids is 1. The van der Waals surface area contributed by atoms with E-state index in [9.17, 15) is 4.79 Å². The molecule has 0 bridgehead atoms. The van der Waals surface area contributed by atoms with Crippen LogP contribution in [0.25, 0.3) is 0 Å². The molecule has 6 heteroatoms. The van der Waals surface area contributed by atoms with E-state index in [1.54, 1.807) is 0 Å². The van der Waals surface area contributed by atoms with Crippen LogP contribution in [-0.2, 0) is 17.7 Å². The topological polar surface area (TPSA) is 70.2 Å². The Kier molecular flexibility index (Phi) is 5.71. The van der Waals surface area contributed by atoms with E-state index in [-0.39, 0.29) is 5.91 Å². The number of H-pyrrole nitrogens is 1. The molecule has 2 N–H and O–H groups in total. The van der Waals surface area contributed by atoms with Crippen molar-refractivity contribution >= 4 is 11.7 Å². The Hall–Kier alpha value is -2.34. The van der Waals surface area contributed by atoms with Gasteiger partial charge in [-0.1, -0.05) is 19.9 Å². The number of anilines is 1. The first-order valence-electron chi connectivity index (χ1n) is 8.86. The summed E-state index contributed by atoms with van der Waals surface area (Å²) in [7, 11) is 0. The van der Waals surface area contributed by atoms with Crippen molar-refractivity contribution in [1.29, 1.82) is 0 Å². The molecule has 0 atom stereocenters. The molecular weight excluding hydrogens is 316 g/mol. The van der Waals surface area contributed by atoms with E-state index < -0.39 is 0 Å². The number of amides is 1. The lowest BCUT2D eigenvalue weighted by Crippen LogP contribution is -2.37. The fraction of sp³-hybridized carbons (Fsp3) is 0.474. The molecule has 0 saturated carbocycles. The molecule has 0 spiro atoms. The minimum atomic E-state index is -0.103. The normalized spacial score (nSPS) is 14.8. The van der Waals surface area contributed by atoms with Crippen LogP contribution in [0.2, 0.25) is 0 Å². The summed E-state index contributed by atoms with van der Waals surface area (Å²) in [5.74, 6) is 1.40. The van der Waals surface area contributed by atoms with Gasteiger partial charge in [0.25, 0.3) is 5.91 Å². The highest BCUT2D eigenvalue weighted by molar-refractivity contribution is 5.92. The van der Waals surface area contributed by atoms with Crippen molar-refractivity contribution in [3.63, 3.8) is 0 Å². The molecule has 25 heavy (non-hydrogen) atoms. The van der Waals surface area contributed by atoms with Crippen LogP contribution in [-0.4, -0.2) is 42.2 Å². The summed E-state index contributed by atoms with van der Waals surface area (Å²) in [5.41, 5.74) is 2.61. The Morgan fingerprint density at radius 2 is 2.16 bits per heavy atom. The highest BCUT2D eigenvalue weighted by Gasteiger charge is 2.13. The molecule has 1 aliphatic rings. The smallest absolute Gasteiger partial charge is 0.268 e. The molecule has 6 nitrogen and oxygen atoms in total. The maximum Gasteiger partial charge on any atom is 0.268 e. The SMILES string of the molecule is CC(C)Cc1c[nH]c(C(=O)NCc2cccc(N3CCOCC3)n2)c1. The molecule has 2 aromatic rings. The fourth-order valence-electron chi connectivity index (χ4n) is 2.96. The van der Waals surface area contributed by atoms with Crippen LogP contribution in [0.15, 0.2) is 30.5 Å². The van der Waals surface area contributed by atoms with E-state index in [0.717, 1.165) is 49.8 Å². The zero-order valence-corrected chi connectivity index (χ0v) is 14.9. The lowest BCUT2D eigenvalue weighted by Gasteiger charge is -2.28. The standard InChI is InChI=1S/C19H26N4O2/c1-14(2)10-15-11-17(20-12-15)19(24)21-13-16-4-3-5-18(22-16)23-6-8-25-9-7-23/h3-5,11-12,14,20H,6-10,13H2,1-2H3,(H,21,24). The van der Waals surface area contributed by atoms with Crippen molar-refractivity contribution in [2.24, 2.45) is 5.92 Å². The molecule has 0 aromatic carbocycles. The van der Waals surface area contributed by atoms with Crippen molar-refractivity contribution in [2.45, 2.75) is 26.8 Å². The molecule has 134 valence electrons. The third-order valence-electron chi connectivity index (χ3n) is 4.19. The van der Waals surface area contributed by atoms with Crippen LogP contribution in [0.1, 0.15) is 35.6 Å². The Labute approximate surface area is 148 Å². The van der Waals surface area contributed by atoms with E-state index in [4.69, 9.17) is 4.74 Å².